The number of hydrogen-bond acceptors (Lipinski definition) is 1. The minimum absolute atomic E-state index is 0.306. The molecule has 0 rings (SSSR count). The Bertz CT molecular complexity index is 23.2. The highest BCUT2D eigenvalue weighted by atomic mass is 19.1. The average molecular weight is 62.0 g/mol. The smallest absolute Gasteiger partial charge is 0.190 e. The third kappa shape index (κ3) is 1.40. The molecule has 0 spiro atoms. The van der Waals surface area contributed by atoms with E-state index in [-0.39, 0.29) is 6.47 Å². The molecule has 0 aromatic carbocycles. The summed E-state index contributed by atoms with van der Waals surface area (Å²) < 4.78 is 10.1. The van der Waals surface area contributed by atoms with Crippen molar-refractivity contribution < 1.29 is 9.60 Å². The quantitative estimate of drug-likeness (QED) is 0.286. The van der Waals surface area contributed by atoms with E-state index in [0.717, 1.165) is 0 Å². The van der Waals surface area contributed by atoms with Crippen molar-refractivity contribution in [2.45, 2.75) is 0 Å². The van der Waals surface area contributed by atoms with Gasteiger partial charge in [0.25, 0.3) is 0 Å². The number of halogens is 1. The van der Waals surface area contributed by atoms with Gasteiger partial charge < -0.3 is 0 Å². The van der Waals surface area contributed by atoms with Crippen molar-refractivity contribution in [3.05, 3.63) is 0 Å². The molecule has 1 radical (unpaired) electrons. The maximum absolute atomic E-state index is 10.1. The zero-order chi connectivity index (χ0) is 3.41. The molecule has 4 heavy (non-hydrogen) atoms. The number of nitrogens with zero attached hydrogens (tertiary/aromatic N) is 1. The van der Waals surface area contributed by atoms with Gasteiger partial charge in [0.05, 0.1) is 0 Å². The Balaban J connectivity index is 2.55. The van der Waals surface area contributed by atoms with Gasteiger partial charge in [-0.05, 0) is 5.16 Å². The highest BCUT2D eigenvalue weighted by Gasteiger charge is 1.44. The SMILES string of the molecule is [O]/N=C/F. The van der Waals surface area contributed by atoms with Crippen LogP contribution in [0.4, 0.5) is 4.39 Å². The summed E-state index contributed by atoms with van der Waals surface area (Å²) in [6.45, 7) is -0.306. The fraction of sp³-hybridized carbons (Fsp3) is 0. The van der Waals surface area contributed by atoms with Crippen LogP contribution >= 0.6 is 0 Å². The predicted molar refractivity (Wildman–Crippen MR) is 10.3 cm³/mol. The lowest BCUT2D eigenvalue weighted by Crippen LogP contribution is -1.42. The molecule has 0 amide bonds. The van der Waals surface area contributed by atoms with Gasteiger partial charge in [-0.3, -0.25) is 0 Å². The Kier molecular flexibility index (Phi) is 2.04. The van der Waals surface area contributed by atoms with Crippen LogP contribution in [-0.2, 0) is 5.21 Å². The molecule has 0 bridgehead atoms. The van der Waals surface area contributed by atoms with E-state index in [0.29, 0.717) is 0 Å². The van der Waals surface area contributed by atoms with Gasteiger partial charge in [0.15, 0.2) is 0 Å². The van der Waals surface area contributed by atoms with Crippen LogP contribution < -0.4 is 0 Å². The maximum atomic E-state index is 10.1. The molecule has 23 valence electrons. The molecule has 0 aliphatic heterocycles. The van der Waals surface area contributed by atoms with Crippen molar-refractivity contribution in [1.29, 1.82) is 0 Å². The van der Waals surface area contributed by atoms with Crippen molar-refractivity contribution in [2.24, 2.45) is 5.16 Å². The van der Waals surface area contributed by atoms with Crippen LogP contribution in [0.5, 0.6) is 0 Å². The first kappa shape index (κ1) is 3.40. The minimum Gasteiger partial charge on any atom is -0.190 e. The molecule has 0 aliphatic rings. The number of rotatable bonds is 0. The first-order valence-electron chi connectivity index (χ1n) is 0.659. The normalized spacial score (nSPS) is 9.25. The minimum atomic E-state index is -0.306. The predicted octanol–water partition coefficient (Wildman–Crippen LogP) is 0.330. The lowest BCUT2D eigenvalue weighted by molar-refractivity contribution is 0.207. The molecule has 0 saturated heterocycles. The second kappa shape index (κ2) is 2.40. The van der Waals surface area contributed by atoms with E-state index in [2.05, 4.69) is 0 Å². The van der Waals surface area contributed by atoms with Crippen LogP contribution in [0.25, 0.3) is 0 Å². The van der Waals surface area contributed by atoms with Crippen molar-refractivity contribution in [3.63, 3.8) is 0 Å². The molecule has 2 nitrogen and oxygen atoms in total. The highest BCUT2D eigenvalue weighted by Crippen LogP contribution is 1.46. The largest absolute Gasteiger partial charge is 0.219 e. The summed E-state index contributed by atoms with van der Waals surface area (Å²) in [5, 5.41) is 10.2. The molecule has 0 aliphatic carbocycles. The molecular weight excluding hydrogens is 61.0 g/mol. The third-order valence-corrected chi connectivity index (χ3v) is 0.0398. The Hall–Kier alpha value is -0.600. The van der Waals surface area contributed by atoms with Crippen LogP contribution in [0, 0.1) is 0 Å². The van der Waals surface area contributed by atoms with Crippen LogP contribution in [0.2, 0.25) is 0 Å². The third-order valence-electron chi connectivity index (χ3n) is 0.0398. The molecule has 0 aromatic heterocycles. The first-order valence-corrected chi connectivity index (χ1v) is 0.659. The van der Waals surface area contributed by atoms with Crippen LogP contribution in [0.3, 0.4) is 0 Å². The van der Waals surface area contributed by atoms with Crippen molar-refractivity contribution in [1.82, 2.24) is 0 Å². The van der Waals surface area contributed by atoms with E-state index in [4.69, 9.17) is 5.21 Å². The molecule has 0 atom stereocenters. The van der Waals surface area contributed by atoms with Crippen molar-refractivity contribution in [3.8, 4) is 0 Å². The molecule has 3 heteroatoms. The Labute approximate surface area is 22.5 Å². The standard InChI is InChI=1S/CHFNO/c2-1-3-4/h1H/b3-1+. The molecular formula is CHFNO. The van der Waals surface area contributed by atoms with Gasteiger partial charge in [-0.25, -0.2) is 0 Å². The first-order chi connectivity index (χ1) is 1.91. The van der Waals surface area contributed by atoms with E-state index in [1.54, 1.807) is 5.16 Å². The van der Waals surface area contributed by atoms with Gasteiger partial charge in [-0.2, -0.15) is 4.39 Å². The molecule has 0 saturated carbocycles. The van der Waals surface area contributed by atoms with E-state index >= 15 is 0 Å². The summed E-state index contributed by atoms with van der Waals surface area (Å²) in [6, 6.07) is 0. The summed E-state index contributed by atoms with van der Waals surface area (Å²) in [5.41, 5.74) is 0. The van der Waals surface area contributed by atoms with Gasteiger partial charge in [-0.15, -0.1) is 5.21 Å². The van der Waals surface area contributed by atoms with E-state index in [9.17, 15) is 4.39 Å². The van der Waals surface area contributed by atoms with Crippen LogP contribution in [-0.4, -0.2) is 6.47 Å². The van der Waals surface area contributed by atoms with Gasteiger partial charge >= 0.3 is 0 Å². The second-order valence-electron chi connectivity index (χ2n) is 0.203. The molecule has 0 heterocycles. The van der Waals surface area contributed by atoms with Gasteiger partial charge in [0.2, 0.25) is 6.47 Å². The Morgan fingerprint density at radius 2 is 2.25 bits per heavy atom. The zero-order valence-corrected chi connectivity index (χ0v) is 1.81. The lowest BCUT2D eigenvalue weighted by atomic mass is 11.6. The van der Waals surface area contributed by atoms with Crippen molar-refractivity contribution >= 4 is 6.47 Å². The van der Waals surface area contributed by atoms with E-state index in [1.165, 1.54) is 0 Å². The second-order valence-corrected chi connectivity index (χ2v) is 0.203. The Morgan fingerprint density at radius 3 is 2.25 bits per heavy atom. The fourth-order valence-corrected chi connectivity index (χ4v) is 0. The summed E-state index contributed by atoms with van der Waals surface area (Å²) in [7, 11) is 0. The van der Waals surface area contributed by atoms with Gasteiger partial charge in [-0.1, -0.05) is 0 Å². The van der Waals surface area contributed by atoms with Crippen LogP contribution in [0.15, 0.2) is 5.16 Å². The summed E-state index contributed by atoms with van der Waals surface area (Å²) >= 11 is 0. The van der Waals surface area contributed by atoms with Crippen LogP contribution in [0.1, 0.15) is 0 Å². The lowest BCUT2D eigenvalue weighted by Gasteiger charge is -1.41. The molecule has 0 fully saturated rings. The topological polar surface area (TPSA) is 32.3 Å². The summed E-state index contributed by atoms with van der Waals surface area (Å²) in [4.78, 5) is 0. The van der Waals surface area contributed by atoms with Gasteiger partial charge in [0.1, 0.15) is 0 Å². The van der Waals surface area contributed by atoms with E-state index < -0.39 is 0 Å². The molecule has 0 unspecified atom stereocenters. The zero-order valence-electron chi connectivity index (χ0n) is 1.81. The Morgan fingerprint density at radius 1 is 2.00 bits per heavy atom. The number of hydrogen-bond donors (Lipinski definition) is 0. The van der Waals surface area contributed by atoms with Crippen molar-refractivity contribution in [2.75, 3.05) is 0 Å². The summed E-state index contributed by atoms with van der Waals surface area (Å²) in [5.74, 6) is 0. The maximum Gasteiger partial charge on any atom is 0.219 e. The average Bonchev–Trinajstić information content (AvgIpc) is 1.37. The monoisotopic (exact) mass is 62.0 g/mol. The van der Waals surface area contributed by atoms with Gasteiger partial charge in [0, 0.05) is 0 Å². The molecule has 0 aromatic rings. The highest BCUT2D eigenvalue weighted by molar-refractivity contribution is 5.42. The summed E-state index contributed by atoms with van der Waals surface area (Å²) in [6.07, 6.45) is 0. The van der Waals surface area contributed by atoms with E-state index in [1.807, 2.05) is 0 Å². The molecule has 0 N–H and O–H groups in total. The fourth-order valence-electron chi connectivity index (χ4n) is 0.